The van der Waals surface area contributed by atoms with E-state index in [-0.39, 0.29) is 0 Å². The lowest BCUT2D eigenvalue weighted by molar-refractivity contribution is 0.0183. The summed E-state index contributed by atoms with van der Waals surface area (Å²) >= 11 is 0. The zero-order valence-electron chi connectivity index (χ0n) is 15.8. The van der Waals surface area contributed by atoms with Crippen molar-refractivity contribution in [3.8, 4) is 0 Å². The maximum Gasteiger partial charge on any atom is 0.0701 e. The van der Waals surface area contributed by atoms with Crippen LogP contribution in [0.4, 0.5) is 0 Å². The SMILES string of the molecule is CCC[Si](CCC)(CCC)CC(C)COCCOCCOC. The predicted molar refractivity (Wildman–Crippen MR) is 98.5 cm³/mol. The van der Waals surface area contributed by atoms with E-state index in [1.54, 1.807) is 7.11 Å². The molecule has 0 aliphatic rings. The van der Waals surface area contributed by atoms with Gasteiger partial charge in [0.15, 0.2) is 0 Å². The van der Waals surface area contributed by atoms with Gasteiger partial charge in [0, 0.05) is 13.7 Å². The normalized spacial score (nSPS) is 13.5. The lowest BCUT2D eigenvalue weighted by atomic mass is 10.2. The third-order valence-electron chi connectivity index (χ3n) is 4.33. The van der Waals surface area contributed by atoms with E-state index in [1.165, 1.54) is 43.4 Å². The molecule has 0 fully saturated rings. The Balaban J connectivity index is 4.02. The first-order valence-corrected chi connectivity index (χ1v) is 12.1. The van der Waals surface area contributed by atoms with Gasteiger partial charge in [-0.05, 0) is 5.92 Å². The number of hydrogen-bond donors (Lipinski definition) is 0. The van der Waals surface area contributed by atoms with Crippen LogP contribution in [0.5, 0.6) is 0 Å². The van der Waals surface area contributed by atoms with Crippen LogP contribution in [0, 0.1) is 5.92 Å². The second-order valence-corrected chi connectivity index (χ2v) is 11.6. The van der Waals surface area contributed by atoms with Crippen LogP contribution in [-0.2, 0) is 14.2 Å². The zero-order valence-corrected chi connectivity index (χ0v) is 16.8. The fourth-order valence-electron chi connectivity index (χ4n) is 3.72. The van der Waals surface area contributed by atoms with E-state index in [0.717, 1.165) is 6.61 Å². The van der Waals surface area contributed by atoms with Gasteiger partial charge in [0.2, 0.25) is 0 Å². The molecular formula is C18H40O3Si. The molecule has 0 saturated heterocycles. The summed E-state index contributed by atoms with van der Waals surface area (Å²) in [6.07, 6.45) is 4.06. The minimum Gasteiger partial charge on any atom is -0.382 e. The van der Waals surface area contributed by atoms with Gasteiger partial charge in [0.05, 0.1) is 34.5 Å². The highest BCUT2D eigenvalue weighted by molar-refractivity contribution is 6.79. The zero-order chi connectivity index (χ0) is 16.7. The lowest BCUT2D eigenvalue weighted by Crippen LogP contribution is -2.36. The fraction of sp³-hybridized carbons (Fsp3) is 1.00. The molecule has 0 spiro atoms. The molecule has 3 nitrogen and oxygen atoms in total. The van der Waals surface area contributed by atoms with Crippen LogP contribution in [0.25, 0.3) is 0 Å². The predicted octanol–water partition coefficient (Wildman–Crippen LogP) is 4.98. The Hall–Kier alpha value is 0.0969. The molecule has 0 radical (unpaired) electrons. The largest absolute Gasteiger partial charge is 0.382 e. The van der Waals surface area contributed by atoms with Crippen LogP contribution in [-0.4, -0.2) is 48.2 Å². The van der Waals surface area contributed by atoms with Gasteiger partial charge in [0.25, 0.3) is 0 Å². The first-order valence-electron chi connectivity index (χ1n) is 9.28. The first-order chi connectivity index (χ1) is 10.6. The van der Waals surface area contributed by atoms with Crippen molar-refractivity contribution in [2.24, 2.45) is 5.92 Å². The van der Waals surface area contributed by atoms with E-state index in [1.807, 2.05) is 0 Å². The summed E-state index contributed by atoms with van der Waals surface area (Å²) in [7, 11) is 0.623. The average molecular weight is 333 g/mol. The molecule has 0 saturated carbocycles. The molecule has 0 heterocycles. The molecule has 0 aromatic heterocycles. The molecule has 0 aliphatic heterocycles. The Morgan fingerprint density at radius 1 is 0.773 bits per heavy atom. The van der Waals surface area contributed by atoms with E-state index in [0.29, 0.717) is 32.3 Å². The van der Waals surface area contributed by atoms with Crippen molar-refractivity contribution >= 4 is 8.07 Å². The number of hydrogen-bond acceptors (Lipinski definition) is 3. The van der Waals surface area contributed by atoms with Gasteiger partial charge >= 0.3 is 0 Å². The van der Waals surface area contributed by atoms with E-state index in [9.17, 15) is 0 Å². The van der Waals surface area contributed by atoms with Gasteiger partial charge in [-0.25, -0.2) is 0 Å². The monoisotopic (exact) mass is 332 g/mol. The van der Waals surface area contributed by atoms with Crippen molar-refractivity contribution in [2.45, 2.75) is 71.1 Å². The molecule has 0 amide bonds. The third kappa shape index (κ3) is 10.8. The highest BCUT2D eigenvalue weighted by Crippen LogP contribution is 2.33. The first kappa shape index (κ1) is 22.1. The molecule has 0 rings (SSSR count). The fourth-order valence-corrected chi connectivity index (χ4v) is 9.86. The van der Waals surface area contributed by atoms with Crippen molar-refractivity contribution in [2.75, 3.05) is 40.1 Å². The summed E-state index contributed by atoms with van der Waals surface area (Å²) in [5, 5.41) is 0. The number of rotatable bonds is 16. The van der Waals surface area contributed by atoms with Gasteiger partial charge in [-0.2, -0.15) is 0 Å². The number of ether oxygens (including phenoxy) is 3. The van der Waals surface area contributed by atoms with Gasteiger partial charge in [0.1, 0.15) is 0 Å². The van der Waals surface area contributed by atoms with Crippen LogP contribution >= 0.6 is 0 Å². The van der Waals surface area contributed by atoms with Crippen LogP contribution in [0.2, 0.25) is 24.2 Å². The smallest absolute Gasteiger partial charge is 0.0701 e. The van der Waals surface area contributed by atoms with Crippen molar-refractivity contribution in [3.05, 3.63) is 0 Å². The van der Waals surface area contributed by atoms with E-state index in [4.69, 9.17) is 14.2 Å². The molecule has 134 valence electrons. The van der Waals surface area contributed by atoms with Crippen LogP contribution in [0.15, 0.2) is 0 Å². The van der Waals surface area contributed by atoms with E-state index in [2.05, 4.69) is 27.7 Å². The Kier molecular flexibility index (Phi) is 14.7. The topological polar surface area (TPSA) is 27.7 Å². The molecule has 4 heteroatoms. The standard InChI is InChI=1S/C18H40O3Si/c1-6-13-22(14-7-2,15-8-3)17-18(4)16-21-12-11-20-10-9-19-5/h18H,6-17H2,1-5H3. The van der Waals surface area contributed by atoms with E-state index >= 15 is 0 Å². The molecule has 0 aliphatic carbocycles. The molecule has 0 aromatic rings. The maximum absolute atomic E-state index is 5.81. The highest BCUT2D eigenvalue weighted by atomic mass is 28.3. The van der Waals surface area contributed by atoms with E-state index < -0.39 is 8.07 Å². The summed E-state index contributed by atoms with van der Waals surface area (Å²) in [6.45, 7) is 13.0. The van der Waals surface area contributed by atoms with Crippen molar-refractivity contribution in [1.29, 1.82) is 0 Å². The average Bonchev–Trinajstić information content (AvgIpc) is 2.47. The second kappa shape index (κ2) is 14.7. The van der Waals surface area contributed by atoms with Crippen LogP contribution < -0.4 is 0 Å². The Morgan fingerprint density at radius 3 is 1.77 bits per heavy atom. The molecular weight excluding hydrogens is 292 g/mol. The Morgan fingerprint density at radius 2 is 1.27 bits per heavy atom. The van der Waals surface area contributed by atoms with Crippen LogP contribution in [0.1, 0.15) is 47.0 Å². The van der Waals surface area contributed by atoms with Crippen molar-refractivity contribution in [3.63, 3.8) is 0 Å². The van der Waals surface area contributed by atoms with Gasteiger partial charge in [-0.3, -0.25) is 0 Å². The minimum absolute atomic E-state index is 0.662. The van der Waals surface area contributed by atoms with Crippen LogP contribution in [0.3, 0.4) is 0 Å². The summed E-state index contributed by atoms with van der Waals surface area (Å²) < 4.78 is 16.2. The molecule has 22 heavy (non-hydrogen) atoms. The molecule has 0 bridgehead atoms. The molecule has 0 aromatic carbocycles. The Bertz CT molecular complexity index is 219. The van der Waals surface area contributed by atoms with Gasteiger partial charge < -0.3 is 14.2 Å². The molecule has 1 atom stereocenters. The quantitative estimate of drug-likeness (QED) is 0.295. The minimum atomic E-state index is -1.07. The second-order valence-electron chi connectivity index (χ2n) is 6.74. The molecule has 1 unspecified atom stereocenters. The number of methoxy groups -OCH3 is 1. The molecule has 0 N–H and O–H groups in total. The Labute approximate surface area is 140 Å². The van der Waals surface area contributed by atoms with Crippen molar-refractivity contribution in [1.82, 2.24) is 0 Å². The highest BCUT2D eigenvalue weighted by Gasteiger charge is 2.31. The summed E-state index contributed by atoms with van der Waals surface area (Å²) in [5.41, 5.74) is 0. The summed E-state index contributed by atoms with van der Waals surface area (Å²) in [4.78, 5) is 0. The summed E-state index contributed by atoms with van der Waals surface area (Å²) in [6, 6.07) is 5.94. The maximum atomic E-state index is 5.81. The summed E-state index contributed by atoms with van der Waals surface area (Å²) in [5.74, 6) is 0.690. The van der Waals surface area contributed by atoms with Gasteiger partial charge in [-0.15, -0.1) is 0 Å². The third-order valence-corrected chi connectivity index (χ3v) is 10.6. The van der Waals surface area contributed by atoms with Gasteiger partial charge in [-0.1, -0.05) is 71.1 Å². The van der Waals surface area contributed by atoms with Crippen molar-refractivity contribution < 1.29 is 14.2 Å². The lowest BCUT2D eigenvalue weighted by Gasteiger charge is -2.34.